The predicted octanol–water partition coefficient (Wildman–Crippen LogP) is 6.01. The smallest absolute Gasteiger partial charge is 0.244 e. The van der Waals surface area contributed by atoms with Gasteiger partial charge >= 0.3 is 0 Å². The molecule has 4 nitrogen and oxygen atoms in total. The third-order valence-corrected chi connectivity index (χ3v) is 7.60. The predicted molar refractivity (Wildman–Crippen MR) is 156 cm³/mol. The van der Waals surface area contributed by atoms with E-state index in [4.69, 9.17) is 0 Å². The maximum absolute atomic E-state index is 13.5. The summed E-state index contributed by atoms with van der Waals surface area (Å²) in [4.78, 5) is 13.4. The van der Waals surface area contributed by atoms with Crippen LogP contribution in [0.2, 0.25) is 0 Å². The molecule has 192 valence electrons. The molecule has 0 fully saturated rings. The molecule has 0 unspecified atom stereocenters. The maximum Gasteiger partial charge on any atom is 0.244 e. The van der Waals surface area contributed by atoms with E-state index >= 15 is 0 Å². The van der Waals surface area contributed by atoms with Crippen LogP contribution in [0.15, 0.2) is 126 Å². The molecule has 5 heteroatoms. The summed E-state index contributed by atoms with van der Waals surface area (Å²) in [5.41, 5.74) is 3.35. The van der Waals surface area contributed by atoms with Crippen LogP contribution in [0.1, 0.15) is 27.0 Å². The van der Waals surface area contributed by atoms with E-state index in [9.17, 15) is 13.2 Å². The van der Waals surface area contributed by atoms with Crippen molar-refractivity contribution in [2.75, 3.05) is 13.1 Å². The normalized spacial score (nSPS) is 11.2. The number of allylic oxidation sites excluding steroid dienone is 1. The fourth-order valence-electron chi connectivity index (χ4n) is 3.68. The van der Waals surface area contributed by atoms with E-state index in [2.05, 4.69) is 23.7 Å². The minimum absolute atomic E-state index is 0.0514. The van der Waals surface area contributed by atoms with E-state index in [1.807, 2.05) is 73.7 Å². The molecule has 0 aliphatic carbocycles. The average molecular weight is 530 g/mol. The summed E-state index contributed by atoms with van der Waals surface area (Å²) >= 11 is 0. The van der Waals surface area contributed by atoms with Crippen LogP contribution in [0.4, 0.5) is 0 Å². The van der Waals surface area contributed by atoms with Gasteiger partial charge in [0.2, 0.25) is 15.8 Å². The summed E-state index contributed by atoms with van der Waals surface area (Å²) in [7, 11) is -3.88. The molecular formula is C34H27NO3S. The SMILES string of the molecule is Cc1ccc(S(=O)(=O)N(CC#C/C(=C\c2ccccc2)C(=O)c2ccccc2)CC#Cc2ccccc2)cc1. The quantitative estimate of drug-likeness (QED) is 0.167. The highest BCUT2D eigenvalue weighted by Gasteiger charge is 2.23. The molecular weight excluding hydrogens is 502 g/mol. The number of sulfonamides is 1. The van der Waals surface area contributed by atoms with Crippen molar-refractivity contribution in [3.05, 3.63) is 143 Å². The fraction of sp³-hybridized carbons (Fsp3) is 0.0882. The van der Waals surface area contributed by atoms with Crippen LogP contribution in [0, 0.1) is 30.6 Å². The van der Waals surface area contributed by atoms with Crippen LogP contribution in [0.25, 0.3) is 6.08 Å². The molecule has 0 amide bonds. The van der Waals surface area contributed by atoms with Crippen molar-refractivity contribution in [1.82, 2.24) is 4.31 Å². The molecule has 0 saturated carbocycles. The van der Waals surface area contributed by atoms with Crippen molar-refractivity contribution in [1.29, 1.82) is 0 Å². The van der Waals surface area contributed by atoms with Gasteiger partial charge in [-0.25, -0.2) is 8.42 Å². The number of carbonyl (C=O) groups is 1. The average Bonchev–Trinajstić information content (AvgIpc) is 2.97. The van der Waals surface area contributed by atoms with Gasteiger partial charge in [-0.05, 0) is 42.8 Å². The Kier molecular flexibility index (Phi) is 9.27. The number of Topliss-reactive ketones (excluding diaryl/α,β-unsaturated/α-hetero) is 1. The molecule has 0 bridgehead atoms. The number of nitrogens with zero attached hydrogens (tertiary/aromatic N) is 1. The third-order valence-electron chi connectivity index (χ3n) is 5.79. The second-order valence-corrected chi connectivity index (χ2v) is 10.7. The highest BCUT2D eigenvalue weighted by Crippen LogP contribution is 2.17. The van der Waals surface area contributed by atoms with Gasteiger partial charge < -0.3 is 0 Å². The van der Waals surface area contributed by atoms with Crippen molar-refractivity contribution < 1.29 is 13.2 Å². The molecule has 0 aliphatic heterocycles. The van der Waals surface area contributed by atoms with E-state index in [0.29, 0.717) is 5.56 Å². The van der Waals surface area contributed by atoms with Gasteiger partial charge in [0.15, 0.2) is 0 Å². The lowest BCUT2D eigenvalue weighted by atomic mass is 10.0. The van der Waals surface area contributed by atoms with Gasteiger partial charge in [0, 0.05) is 11.1 Å². The van der Waals surface area contributed by atoms with Gasteiger partial charge in [-0.1, -0.05) is 120 Å². The Labute approximate surface area is 230 Å². The van der Waals surface area contributed by atoms with Crippen LogP contribution < -0.4 is 0 Å². The summed E-state index contributed by atoms with van der Waals surface area (Å²) in [5.74, 6) is 11.6. The number of hydrogen-bond donors (Lipinski definition) is 0. The Hall–Kier alpha value is -4.68. The topological polar surface area (TPSA) is 54.5 Å². The highest BCUT2D eigenvalue weighted by molar-refractivity contribution is 7.89. The lowest BCUT2D eigenvalue weighted by Crippen LogP contribution is -2.32. The first-order chi connectivity index (χ1) is 18.9. The zero-order valence-corrected chi connectivity index (χ0v) is 22.4. The minimum Gasteiger partial charge on any atom is -0.288 e. The Morgan fingerprint density at radius 1 is 0.744 bits per heavy atom. The number of aryl methyl sites for hydroxylation is 1. The number of rotatable bonds is 7. The summed E-state index contributed by atoms with van der Waals surface area (Å²) in [6.45, 7) is 1.72. The van der Waals surface area contributed by atoms with Crippen molar-refractivity contribution in [2.45, 2.75) is 11.8 Å². The first-order valence-electron chi connectivity index (χ1n) is 12.4. The first-order valence-corrected chi connectivity index (χ1v) is 13.8. The van der Waals surface area contributed by atoms with Crippen molar-refractivity contribution in [3.63, 3.8) is 0 Å². The Morgan fingerprint density at radius 3 is 1.95 bits per heavy atom. The van der Waals surface area contributed by atoms with E-state index < -0.39 is 10.0 Å². The zero-order chi connectivity index (χ0) is 27.5. The van der Waals surface area contributed by atoms with Crippen LogP contribution in [0.3, 0.4) is 0 Å². The van der Waals surface area contributed by atoms with Gasteiger partial charge in [0.1, 0.15) is 0 Å². The molecule has 0 N–H and O–H groups in total. The summed E-state index contributed by atoms with van der Waals surface area (Å²) in [5, 5.41) is 0. The van der Waals surface area contributed by atoms with Crippen LogP contribution in [-0.4, -0.2) is 31.6 Å². The molecule has 0 heterocycles. The molecule has 0 aromatic heterocycles. The van der Waals surface area contributed by atoms with Crippen LogP contribution >= 0.6 is 0 Å². The lowest BCUT2D eigenvalue weighted by molar-refractivity contribution is 0.104. The monoisotopic (exact) mass is 529 g/mol. The van der Waals surface area contributed by atoms with Gasteiger partial charge in [0.05, 0.1) is 23.6 Å². The second-order valence-electron chi connectivity index (χ2n) is 8.72. The minimum atomic E-state index is -3.88. The molecule has 39 heavy (non-hydrogen) atoms. The van der Waals surface area contributed by atoms with Crippen molar-refractivity contribution in [3.8, 4) is 23.7 Å². The molecule has 0 spiro atoms. The summed E-state index contributed by atoms with van der Waals surface area (Å²) in [6.07, 6.45) is 1.72. The van der Waals surface area contributed by atoms with E-state index in [-0.39, 0.29) is 29.3 Å². The second kappa shape index (κ2) is 13.2. The van der Waals surface area contributed by atoms with Crippen LogP contribution in [0.5, 0.6) is 0 Å². The molecule has 0 radical (unpaired) electrons. The Morgan fingerprint density at radius 2 is 1.31 bits per heavy atom. The number of hydrogen-bond acceptors (Lipinski definition) is 3. The molecule has 4 aromatic rings. The number of carbonyl (C=O) groups excluding carboxylic acids is 1. The Bertz CT molecular complexity index is 1670. The molecule has 0 atom stereocenters. The van der Waals surface area contributed by atoms with Crippen LogP contribution in [-0.2, 0) is 10.0 Å². The van der Waals surface area contributed by atoms with Gasteiger partial charge in [-0.3, -0.25) is 4.79 Å². The maximum atomic E-state index is 13.5. The van der Waals surface area contributed by atoms with Crippen molar-refractivity contribution in [2.24, 2.45) is 0 Å². The van der Waals surface area contributed by atoms with E-state index in [1.165, 1.54) is 4.31 Å². The number of ketones is 1. The molecule has 0 saturated heterocycles. The van der Waals surface area contributed by atoms with E-state index in [0.717, 1.165) is 16.7 Å². The zero-order valence-electron chi connectivity index (χ0n) is 21.5. The third kappa shape index (κ3) is 7.66. The lowest BCUT2D eigenvalue weighted by Gasteiger charge is -2.17. The summed E-state index contributed by atoms with van der Waals surface area (Å²) in [6, 6.07) is 34.4. The Balaban J connectivity index is 1.67. The van der Waals surface area contributed by atoms with E-state index in [1.54, 1.807) is 54.6 Å². The number of benzene rings is 4. The standard InChI is InChI=1S/C34H27NO3S/c1-28-21-23-33(24-22-28)39(37,38)35(25-11-17-29-13-5-2-6-14-29)26-12-20-32(27-30-15-7-3-8-16-30)34(36)31-18-9-4-10-19-31/h2-10,13-16,18-19,21-24,27H,25-26H2,1H3/b32-27+. The van der Waals surface area contributed by atoms with Gasteiger partial charge in [-0.15, -0.1) is 0 Å². The van der Waals surface area contributed by atoms with Crippen molar-refractivity contribution >= 4 is 21.9 Å². The first kappa shape index (κ1) is 27.4. The van der Waals surface area contributed by atoms with Gasteiger partial charge in [-0.2, -0.15) is 4.31 Å². The summed E-state index contributed by atoms with van der Waals surface area (Å²) < 4.78 is 28.3. The molecule has 4 rings (SSSR count). The van der Waals surface area contributed by atoms with Gasteiger partial charge in [0.25, 0.3) is 0 Å². The molecule has 4 aromatic carbocycles. The molecule has 0 aliphatic rings. The highest BCUT2D eigenvalue weighted by atomic mass is 32.2. The fourth-order valence-corrected chi connectivity index (χ4v) is 4.93. The largest absolute Gasteiger partial charge is 0.288 e.